The van der Waals surface area contributed by atoms with Gasteiger partial charge in [0.1, 0.15) is 11.6 Å². The second-order valence-corrected chi connectivity index (χ2v) is 5.11. The maximum Gasteiger partial charge on any atom is 0.387 e. The topological polar surface area (TPSA) is 53.1 Å². The van der Waals surface area contributed by atoms with Crippen molar-refractivity contribution in [2.24, 2.45) is 0 Å². The lowest BCUT2D eigenvalue weighted by molar-refractivity contribution is -0.0506. The second kappa shape index (κ2) is 5.78. The number of aromatic nitrogens is 2. The molecule has 1 unspecified atom stereocenters. The average molecular weight is 346 g/mol. The summed E-state index contributed by atoms with van der Waals surface area (Å²) >= 11 is 3.34. The molecule has 7 heteroatoms. The summed E-state index contributed by atoms with van der Waals surface area (Å²) in [5.74, 6) is 0.570. The Morgan fingerprint density at radius 2 is 2.00 bits per heavy atom. The Balaban J connectivity index is 2.42. The molecule has 1 heterocycles. The number of rotatable bonds is 4. The van der Waals surface area contributed by atoms with Crippen molar-refractivity contribution in [2.45, 2.75) is 26.5 Å². The monoisotopic (exact) mass is 345 g/mol. The molecule has 0 radical (unpaired) electrons. The van der Waals surface area contributed by atoms with Crippen molar-refractivity contribution in [3.05, 3.63) is 40.0 Å². The maximum absolute atomic E-state index is 12.4. The Bertz CT molecular complexity index is 616. The van der Waals surface area contributed by atoms with E-state index in [9.17, 15) is 8.78 Å². The van der Waals surface area contributed by atoms with E-state index in [0.29, 0.717) is 15.9 Å². The minimum absolute atomic E-state index is 0.124. The van der Waals surface area contributed by atoms with Crippen molar-refractivity contribution in [1.82, 2.24) is 9.78 Å². The molecule has 2 aromatic rings. The van der Waals surface area contributed by atoms with Crippen LogP contribution in [-0.4, -0.2) is 16.4 Å². The molecule has 4 nitrogen and oxygen atoms in total. The van der Waals surface area contributed by atoms with Crippen LogP contribution in [0.3, 0.4) is 0 Å². The largest absolute Gasteiger partial charge is 0.434 e. The Labute approximate surface area is 123 Å². The van der Waals surface area contributed by atoms with Crippen LogP contribution in [0.15, 0.2) is 28.7 Å². The van der Waals surface area contributed by atoms with Gasteiger partial charge < -0.3 is 10.5 Å². The third-order valence-corrected chi connectivity index (χ3v) is 3.98. The highest BCUT2D eigenvalue weighted by Gasteiger charge is 2.20. The van der Waals surface area contributed by atoms with Crippen LogP contribution in [0.4, 0.5) is 14.6 Å². The summed E-state index contributed by atoms with van der Waals surface area (Å²) < 4.78 is 31.7. The molecule has 1 aromatic carbocycles. The molecule has 2 N–H and O–H groups in total. The van der Waals surface area contributed by atoms with Crippen LogP contribution in [0.25, 0.3) is 0 Å². The first kappa shape index (κ1) is 14.8. The normalized spacial score (nSPS) is 12.7. The molecule has 0 fully saturated rings. The predicted octanol–water partition coefficient (Wildman–Crippen LogP) is 3.75. The van der Waals surface area contributed by atoms with Crippen molar-refractivity contribution in [1.29, 1.82) is 0 Å². The molecule has 1 aromatic heterocycles. The molecule has 2 rings (SSSR count). The van der Waals surface area contributed by atoms with E-state index in [1.165, 1.54) is 6.07 Å². The maximum atomic E-state index is 12.4. The lowest BCUT2D eigenvalue weighted by atomic mass is 10.1. The number of halogens is 3. The lowest BCUT2D eigenvalue weighted by Gasteiger charge is -2.18. The number of para-hydroxylation sites is 1. The molecule has 0 aliphatic carbocycles. The van der Waals surface area contributed by atoms with Crippen molar-refractivity contribution in [3.63, 3.8) is 0 Å². The Morgan fingerprint density at radius 1 is 1.35 bits per heavy atom. The number of nitrogens with two attached hydrogens (primary N) is 1. The number of ether oxygens (including phenoxy) is 1. The van der Waals surface area contributed by atoms with Crippen molar-refractivity contribution in [3.8, 4) is 5.75 Å². The van der Waals surface area contributed by atoms with Gasteiger partial charge in [0.05, 0.1) is 16.2 Å². The molecule has 0 aliphatic rings. The summed E-state index contributed by atoms with van der Waals surface area (Å²) in [4.78, 5) is 0. The van der Waals surface area contributed by atoms with Crippen molar-refractivity contribution in [2.75, 3.05) is 5.73 Å². The molecule has 0 saturated heterocycles. The Kier molecular flexibility index (Phi) is 4.27. The molecule has 0 amide bonds. The Hall–Kier alpha value is -1.63. The SMILES string of the molecule is Cc1nn(C(C)c2ccccc2OC(F)F)c(N)c1Br. The van der Waals surface area contributed by atoms with Gasteiger partial charge in [-0.15, -0.1) is 0 Å². The first-order valence-electron chi connectivity index (χ1n) is 5.95. The summed E-state index contributed by atoms with van der Waals surface area (Å²) in [5.41, 5.74) is 7.29. The molecule has 0 spiro atoms. The van der Waals surface area contributed by atoms with E-state index < -0.39 is 6.61 Å². The molecular formula is C13H14BrF2N3O. The Morgan fingerprint density at radius 3 is 2.55 bits per heavy atom. The van der Waals surface area contributed by atoms with Crippen LogP contribution in [0.5, 0.6) is 5.75 Å². The zero-order valence-electron chi connectivity index (χ0n) is 11.0. The number of nitrogens with zero attached hydrogens (tertiary/aromatic N) is 2. The van der Waals surface area contributed by atoms with Crippen LogP contribution in [0.1, 0.15) is 24.2 Å². The van der Waals surface area contributed by atoms with Gasteiger partial charge in [-0.25, -0.2) is 4.68 Å². The third kappa shape index (κ3) is 2.77. The highest BCUT2D eigenvalue weighted by molar-refractivity contribution is 9.10. The number of hydrogen-bond donors (Lipinski definition) is 1. The minimum atomic E-state index is -2.87. The quantitative estimate of drug-likeness (QED) is 0.918. The van der Waals surface area contributed by atoms with E-state index in [1.807, 2.05) is 13.8 Å². The summed E-state index contributed by atoms with van der Waals surface area (Å²) in [7, 11) is 0. The van der Waals surface area contributed by atoms with Crippen LogP contribution < -0.4 is 10.5 Å². The zero-order valence-corrected chi connectivity index (χ0v) is 12.6. The molecule has 0 bridgehead atoms. The van der Waals surface area contributed by atoms with Gasteiger partial charge in [0.25, 0.3) is 0 Å². The minimum Gasteiger partial charge on any atom is -0.434 e. The number of alkyl halides is 2. The van der Waals surface area contributed by atoms with Gasteiger partial charge in [-0.2, -0.15) is 13.9 Å². The van der Waals surface area contributed by atoms with Gasteiger partial charge in [0.15, 0.2) is 0 Å². The molecule has 108 valence electrons. The van der Waals surface area contributed by atoms with Gasteiger partial charge >= 0.3 is 6.61 Å². The van der Waals surface area contributed by atoms with Gasteiger partial charge in [-0.1, -0.05) is 18.2 Å². The van der Waals surface area contributed by atoms with Gasteiger partial charge in [-0.3, -0.25) is 0 Å². The van der Waals surface area contributed by atoms with E-state index in [1.54, 1.807) is 22.9 Å². The summed E-state index contributed by atoms with van der Waals surface area (Å²) in [6.45, 7) is 0.764. The average Bonchev–Trinajstić information content (AvgIpc) is 2.66. The standard InChI is InChI=1S/C13H14BrF2N3O/c1-7-11(14)12(17)19(18-7)8(2)9-5-3-4-6-10(9)20-13(15)16/h3-6,8,13H,17H2,1-2H3. The highest BCUT2D eigenvalue weighted by Crippen LogP contribution is 2.33. The second-order valence-electron chi connectivity index (χ2n) is 4.32. The number of nitrogen functional groups attached to an aromatic ring is 1. The summed E-state index contributed by atoms with van der Waals surface area (Å²) in [6.07, 6.45) is 0. The van der Waals surface area contributed by atoms with E-state index in [2.05, 4.69) is 25.8 Å². The van der Waals surface area contributed by atoms with E-state index in [0.717, 1.165) is 5.69 Å². The fraction of sp³-hybridized carbons (Fsp3) is 0.308. The fourth-order valence-electron chi connectivity index (χ4n) is 2.00. The first-order valence-corrected chi connectivity index (χ1v) is 6.75. The summed E-state index contributed by atoms with van der Waals surface area (Å²) in [5, 5.41) is 4.31. The van der Waals surface area contributed by atoms with Crippen molar-refractivity contribution < 1.29 is 13.5 Å². The van der Waals surface area contributed by atoms with Crippen LogP contribution in [-0.2, 0) is 0 Å². The number of aryl methyl sites for hydroxylation is 1. The number of anilines is 1. The smallest absolute Gasteiger partial charge is 0.387 e. The molecule has 0 saturated carbocycles. The van der Waals surface area contributed by atoms with E-state index >= 15 is 0 Å². The molecular weight excluding hydrogens is 332 g/mol. The molecule has 20 heavy (non-hydrogen) atoms. The highest BCUT2D eigenvalue weighted by atomic mass is 79.9. The molecule has 1 atom stereocenters. The summed E-state index contributed by atoms with van der Waals surface area (Å²) in [6, 6.07) is 6.29. The molecule has 0 aliphatic heterocycles. The van der Waals surface area contributed by atoms with Gasteiger partial charge in [-0.05, 0) is 35.8 Å². The van der Waals surface area contributed by atoms with E-state index in [-0.39, 0.29) is 11.8 Å². The zero-order chi connectivity index (χ0) is 14.9. The van der Waals surface area contributed by atoms with Crippen LogP contribution >= 0.6 is 15.9 Å². The lowest BCUT2D eigenvalue weighted by Crippen LogP contribution is -2.14. The van der Waals surface area contributed by atoms with Gasteiger partial charge in [0.2, 0.25) is 0 Å². The predicted molar refractivity (Wildman–Crippen MR) is 76.0 cm³/mol. The first-order chi connectivity index (χ1) is 9.41. The van der Waals surface area contributed by atoms with Crippen molar-refractivity contribution >= 4 is 21.7 Å². The fourth-order valence-corrected chi connectivity index (χ4v) is 2.26. The number of benzene rings is 1. The van der Waals surface area contributed by atoms with Crippen LogP contribution in [0, 0.1) is 6.92 Å². The van der Waals surface area contributed by atoms with Crippen LogP contribution in [0.2, 0.25) is 0 Å². The third-order valence-electron chi connectivity index (χ3n) is 3.00. The van der Waals surface area contributed by atoms with Gasteiger partial charge in [0, 0.05) is 5.56 Å². The van der Waals surface area contributed by atoms with E-state index in [4.69, 9.17) is 5.73 Å². The number of hydrogen-bond acceptors (Lipinski definition) is 3.